The molecule has 0 aromatic heterocycles. The van der Waals surface area contributed by atoms with Crippen LogP contribution in [0, 0.1) is 6.92 Å². The van der Waals surface area contributed by atoms with Gasteiger partial charge in [0.25, 0.3) is 0 Å². The van der Waals surface area contributed by atoms with Gasteiger partial charge >= 0.3 is 0 Å². The summed E-state index contributed by atoms with van der Waals surface area (Å²) in [5.74, 6) is 0. The van der Waals surface area contributed by atoms with Crippen LogP contribution in [0.25, 0.3) is 0 Å². The lowest BCUT2D eigenvalue weighted by molar-refractivity contribution is 0.514. The monoisotopic (exact) mass is 285 g/mol. The molecule has 0 amide bonds. The minimum atomic E-state index is 0.130. The van der Waals surface area contributed by atoms with Gasteiger partial charge in [-0.2, -0.15) is 0 Å². The minimum Gasteiger partial charge on any atom is -0.327 e. The van der Waals surface area contributed by atoms with E-state index in [-0.39, 0.29) is 11.5 Å². The van der Waals surface area contributed by atoms with Crippen molar-refractivity contribution in [3.05, 3.63) is 70.2 Å². The Kier molecular flexibility index (Phi) is 3.57. The van der Waals surface area contributed by atoms with Crippen molar-refractivity contribution < 1.29 is 0 Å². The fraction of sp³-hybridized carbons (Fsp3) is 0.333. The van der Waals surface area contributed by atoms with Crippen LogP contribution in [-0.2, 0) is 11.8 Å². The highest BCUT2D eigenvalue weighted by atomic mass is 35.5. The first-order valence-corrected chi connectivity index (χ1v) is 7.56. The van der Waals surface area contributed by atoms with Crippen LogP contribution in [0.2, 0.25) is 5.02 Å². The van der Waals surface area contributed by atoms with Gasteiger partial charge in [0.15, 0.2) is 0 Å². The van der Waals surface area contributed by atoms with E-state index in [4.69, 9.17) is 17.3 Å². The molecule has 2 aromatic rings. The van der Waals surface area contributed by atoms with Crippen molar-refractivity contribution in [3.8, 4) is 0 Å². The van der Waals surface area contributed by atoms with Crippen LogP contribution < -0.4 is 5.73 Å². The van der Waals surface area contributed by atoms with Crippen molar-refractivity contribution in [2.45, 2.75) is 37.6 Å². The van der Waals surface area contributed by atoms with Crippen LogP contribution in [0.15, 0.2) is 48.5 Å². The van der Waals surface area contributed by atoms with E-state index in [1.165, 1.54) is 24.0 Å². The highest BCUT2D eigenvalue weighted by Gasteiger charge is 2.48. The molecule has 0 saturated heterocycles. The highest BCUT2D eigenvalue weighted by molar-refractivity contribution is 6.31. The van der Waals surface area contributed by atoms with E-state index in [1.54, 1.807) is 0 Å². The van der Waals surface area contributed by atoms with Gasteiger partial charge in [0.2, 0.25) is 0 Å². The second kappa shape index (κ2) is 5.23. The van der Waals surface area contributed by atoms with Gasteiger partial charge in [-0.15, -0.1) is 0 Å². The molecule has 1 fully saturated rings. The van der Waals surface area contributed by atoms with Gasteiger partial charge in [-0.25, -0.2) is 0 Å². The largest absolute Gasteiger partial charge is 0.327 e. The van der Waals surface area contributed by atoms with E-state index in [2.05, 4.69) is 49.4 Å². The summed E-state index contributed by atoms with van der Waals surface area (Å²) < 4.78 is 0. The van der Waals surface area contributed by atoms with E-state index >= 15 is 0 Å². The maximum Gasteiger partial charge on any atom is 0.0441 e. The fourth-order valence-electron chi connectivity index (χ4n) is 3.03. The predicted molar refractivity (Wildman–Crippen MR) is 85.2 cm³/mol. The van der Waals surface area contributed by atoms with Crippen molar-refractivity contribution in [2.75, 3.05) is 0 Å². The fourth-order valence-corrected chi connectivity index (χ4v) is 3.34. The van der Waals surface area contributed by atoms with E-state index in [0.29, 0.717) is 0 Å². The average molecular weight is 286 g/mol. The SMILES string of the molecule is Cc1ccc(CC(N)C2(c3ccccc3)CC2)c(Cl)c1. The third kappa shape index (κ3) is 2.48. The molecule has 3 rings (SSSR count). The molecular weight excluding hydrogens is 266 g/mol. The van der Waals surface area contributed by atoms with Crippen LogP contribution in [0.3, 0.4) is 0 Å². The average Bonchev–Trinajstić information content (AvgIpc) is 3.24. The Morgan fingerprint density at radius 2 is 1.85 bits per heavy atom. The summed E-state index contributed by atoms with van der Waals surface area (Å²) in [7, 11) is 0. The Morgan fingerprint density at radius 1 is 1.15 bits per heavy atom. The summed E-state index contributed by atoms with van der Waals surface area (Å²) in [6, 6.07) is 17.0. The Labute approximate surface area is 125 Å². The third-order valence-corrected chi connectivity index (χ3v) is 4.85. The van der Waals surface area contributed by atoms with Gasteiger partial charge < -0.3 is 5.73 Å². The zero-order chi connectivity index (χ0) is 14.2. The lowest BCUT2D eigenvalue weighted by Crippen LogP contribution is -2.36. The molecule has 2 N–H and O–H groups in total. The predicted octanol–water partition coefficient (Wildman–Crippen LogP) is 4.25. The highest BCUT2D eigenvalue weighted by Crippen LogP contribution is 2.51. The lowest BCUT2D eigenvalue weighted by atomic mass is 9.85. The van der Waals surface area contributed by atoms with E-state index in [1.807, 2.05) is 6.07 Å². The van der Waals surface area contributed by atoms with E-state index < -0.39 is 0 Å². The standard InChI is InChI=1S/C18H20ClN/c1-13-7-8-14(16(19)11-13)12-17(20)18(9-10-18)15-5-3-2-4-6-15/h2-8,11,17H,9-10,12,20H2,1H3. The number of hydrogen-bond donors (Lipinski definition) is 1. The van der Waals surface area contributed by atoms with Gasteiger partial charge in [-0.1, -0.05) is 54.1 Å². The number of hydrogen-bond acceptors (Lipinski definition) is 1. The van der Waals surface area contributed by atoms with Gasteiger partial charge in [0.05, 0.1) is 0 Å². The van der Waals surface area contributed by atoms with Gasteiger partial charge in [0.1, 0.15) is 0 Å². The third-order valence-electron chi connectivity index (χ3n) is 4.50. The summed E-state index contributed by atoms with van der Waals surface area (Å²) in [5.41, 5.74) is 10.4. The number of halogens is 1. The normalized spacial score (nSPS) is 17.8. The van der Waals surface area contributed by atoms with Gasteiger partial charge in [0, 0.05) is 16.5 Å². The molecule has 1 nitrogen and oxygen atoms in total. The Hall–Kier alpha value is -1.31. The summed E-state index contributed by atoms with van der Waals surface area (Å²) in [6.07, 6.45) is 3.21. The molecule has 0 aliphatic heterocycles. The quantitative estimate of drug-likeness (QED) is 0.893. The molecule has 2 heteroatoms. The lowest BCUT2D eigenvalue weighted by Gasteiger charge is -2.24. The molecule has 1 atom stereocenters. The van der Waals surface area contributed by atoms with E-state index in [9.17, 15) is 0 Å². The van der Waals surface area contributed by atoms with Crippen LogP contribution in [0.1, 0.15) is 29.5 Å². The number of benzene rings is 2. The molecule has 1 saturated carbocycles. The number of nitrogens with two attached hydrogens (primary N) is 1. The van der Waals surface area contributed by atoms with Crippen molar-refractivity contribution >= 4 is 11.6 Å². The maximum atomic E-state index is 6.53. The van der Waals surface area contributed by atoms with E-state index in [0.717, 1.165) is 17.0 Å². The zero-order valence-electron chi connectivity index (χ0n) is 11.8. The Balaban J connectivity index is 1.81. The molecule has 0 heterocycles. The van der Waals surface area contributed by atoms with Crippen LogP contribution in [0.4, 0.5) is 0 Å². The molecule has 1 aliphatic carbocycles. The summed E-state index contributed by atoms with van der Waals surface area (Å²) in [4.78, 5) is 0. The topological polar surface area (TPSA) is 26.0 Å². The molecule has 20 heavy (non-hydrogen) atoms. The Bertz CT molecular complexity index is 602. The first kappa shape index (κ1) is 13.7. The second-order valence-corrected chi connectivity index (χ2v) is 6.33. The molecule has 0 spiro atoms. The van der Waals surface area contributed by atoms with Crippen molar-refractivity contribution in [3.63, 3.8) is 0 Å². The molecular formula is C18H20ClN. The first-order chi connectivity index (χ1) is 9.62. The smallest absolute Gasteiger partial charge is 0.0441 e. The zero-order valence-corrected chi connectivity index (χ0v) is 12.5. The van der Waals surface area contributed by atoms with Crippen molar-refractivity contribution in [1.29, 1.82) is 0 Å². The summed E-state index contributed by atoms with van der Waals surface area (Å²) in [6.45, 7) is 2.06. The second-order valence-electron chi connectivity index (χ2n) is 5.93. The van der Waals surface area contributed by atoms with Crippen LogP contribution in [0.5, 0.6) is 0 Å². The minimum absolute atomic E-state index is 0.130. The number of aryl methyl sites for hydroxylation is 1. The Morgan fingerprint density at radius 3 is 2.45 bits per heavy atom. The summed E-state index contributed by atoms with van der Waals surface area (Å²) >= 11 is 6.33. The van der Waals surface area contributed by atoms with Crippen molar-refractivity contribution in [1.82, 2.24) is 0 Å². The molecule has 0 bridgehead atoms. The van der Waals surface area contributed by atoms with Crippen LogP contribution in [-0.4, -0.2) is 6.04 Å². The van der Waals surface area contributed by atoms with Crippen molar-refractivity contribution in [2.24, 2.45) is 5.73 Å². The molecule has 0 radical (unpaired) electrons. The number of rotatable bonds is 4. The molecule has 1 unspecified atom stereocenters. The summed E-state index contributed by atoms with van der Waals surface area (Å²) in [5, 5.41) is 0.837. The van der Waals surface area contributed by atoms with Crippen LogP contribution >= 0.6 is 11.6 Å². The maximum absolute atomic E-state index is 6.53. The van der Waals surface area contributed by atoms with Gasteiger partial charge in [-0.05, 0) is 48.9 Å². The molecule has 2 aromatic carbocycles. The van der Waals surface area contributed by atoms with Gasteiger partial charge in [-0.3, -0.25) is 0 Å². The molecule has 104 valence electrons. The molecule has 1 aliphatic rings. The first-order valence-electron chi connectivity index (χ1n) is 7.18.